The van der Waals surface area contributed by atoms with Gasteiger partial charge in [-0.3, -0.25) is 9.89 Å². The van der Waals surface area contributed by atoms with Crippen molar-refractivity contribution in [2.45, 2.75) is 27.2 Å². The number of hydrogen-bond acceptors (Lipinski definition) is 3. The van der Waals surface area contributed by atoms with Gasteiger partial charge in [0.1, 0.15) is 11.4 Å². The number of aromatic amines is 1. The fraction of sp³-hybridized carbons (Fsp3) is 0.200. The minimum absolute atomic E-state index is 0.180. The molecule has 1 aromatic heterocycles. The Morgan fingerprint density at radius 2 is 1.88 bits per heavy atom. The molecule has 1 amide bonds. The highest BCUT2D eigenvalue weighted by Gasteiger charge is 2.15. The van der Waals surface area contributed by atoms with Gasteiger partial charge in [-0.05, 0) is 61.2 Å². The first-order valence-corrected chi connectivity index (χ1v) is 8.24. The van der Waals surface area contributed by atoms with Crippen LogP contribution in [-0.2, 0) is 6.42 Å². The lowest BCUT2D eigenvalue weighted by Crippen LogP contribution is -2.12. The average Bonchev–Trinajstić information content (AvgIpc) is 3.09. The zero-order chi connectivity index (χ0) is 18.0. The van der Waals surface area contributed by atoms with Crippen molar-refractivity contribution in [2.24, 2.45) is 0 Å². The standard InChI is InChI=1S/C20H21N3O2/c1-4-14-5-7-15(8-6-14)21-20(25)18-11-17(22-23-18)16-10-12(2)9-13(3)19(16)24/h5-11,24H,4H2,1-3H3,(H,21,25)(H,22,23). The molecule has 1 heterocycles. The second-order valence-corrected chi connectivity index (χ2v) is 6.15. The second kappa shape index (κ2) is 6.81. The van der Waals surface area contributed by atoms with Gasteiger partial charge in [-0.15, -0.1) is 0 Å². The summed E-state index contributed by atoms with van der Waals surface area (Å²) in [5.74, 6) is -0.0916. The number of H-pyrrole nitrogens is 1. The quantitative estimate of drug-likeness (QED) is 0.668. The Kier molecular flexibility index (Phi) is 4.57. The van der Waals surface area contributed by atoms with Gasteiger partial charge in [0.25, 0.3) is 5.91 Å². The molecule has 5 heteroatoms. The van der Waals surface area contributed by atoms with E-state index in [4.69, 9.17) is 0 Å². The molecule has 3 aromatic rings. The maximum absolute atomic E-state index is 12.4. The lowest BCUT2D eigenvalue weighted by Gasteiger charge is -2.06. The summed E-state index contributed by atoms with van der Waals surface area (Å²) in [6.07, 6.45) is 0.956. The SMILES string of the molecule is CCc1ccc(NC(=O)c2cc(-c3cc(C)cc(C)c3O)n[nH]2)cc1. The van der Waals surface area contributed by atoms with Crippen LogP contribution in [-0.4, -0.2) is 21.2 Å². The number of phenols is 1. The Hall–Kier alpha value is -3.08. The van der Waals surface area contributed by atoms with Crippen molar-refractivity contribution in [3.8, 4) is 17.0 Å². The van der Waals surface area contributed by atoms with E-state index in [1.54, 1.807) is 6.07 Å². The van der Waals surface area contributed by atoms with E-state index < -0.39 is 0 Å². The summed E-state index contributed by atoms with van der Waals surface area (Å²) >= 11 is 0. The number of nitrogens with zero attached hydrogens (tertiary/aromatic N) is 1. The number of aromatic nitrogens is 2. The molecule has 0 aliphatic heterocycles. The summed E-state index contributed by atoms with van der Waals surface area (Å²) in [6.45, 7) is 5.88. The van der Waals surface area contributed by atoms with Crippen LogP contribution in [0.1, 0.15) is 34.1 Å². The van der Waals surface area contributed by atoms with E-state index in [9.17, 15) is 9.90 Å². The van der Waals surface area contributed by atoms with Crippen molar-refractivity contribution in [2.75, 3.05) is 5.32 Å². The molecule has 2 aromatic carbocycles. The van der Waals surface area contributed by atoms with Crippen LogP contribution in [0.4, 0.5) is 5.69 Å². The monoisotopic (exact) mass is 335 g/mol. The predicted molar refractivity (Wildman–Crippen MR) is 98.9 cm³/mol. The van der Waals surface area contributed by atoms with Crippen LogP contribution in [0.15, 0.2) is 42.5 Å². The molecule has 0 unspecified atom stereocenters. The summed E-state index contributed by atoms with van der Waals surface area (Å²) in [7, 11) is 0. The van der Waals surface area contributed by atoms with Gasteiger partial charge in [0.15, 0.2) is 0 Å². The van der Waals surface area contributed by atoms with Crippen molar-refractivity contribution >= 4 is 11.6 Å². The van der Waals surface area contributed by atoms with Gasteiger partial charge in [0.2, 0.25) is 0 Å². The molecule has 5 nitrogen and oxygen atoms in total. The Bertz CT molecular complexity index is 911. The van der Waals surface area contributed by atoms with Crippen LogP contribution in [0.25, 0.3) is 11.3 Å². The van der Waals surface area contributed by atoms with Crippen molar-refractivity contribution in [1.82, 2.24) is 10.2 Å². The molecule has 0 saturated heterocycles. The molecule has 128 valence electrons. The fourth-order valence-corrected chi connectivity index (χ4v) is 2.75. The Labute approximate surface area is 146 Å². The van der Waals surface area contributed by atoms with Crippen LogP contribution in [0.3, 0.4) is 0 Å². The number of amides is 1. The van der Waals surface area contributed by atoms with Gasteiger partial charge in [-0.25, -0.2) is 0 Å². The summed E-state index contributed by atoms with van der Waals surface area (Å²) in [5, 5.41) is 20.0. The Morgan fingerprint density at radius 3 is 2.56 bits per heavy atom. The smallest absolute Gasteiger partial charge is 0.273 e. The number of aromatic hydroxyl groups is 1. The largest absolute Gasteiger partial charge is 0.507 e. The van der Waals surface area contributed by atoms with E-state index in [1.807, 2.05) is 50.2 Å². The highest BCUT2D eigenvalue weighted by molar-refractivity contribution is 6.03. The second-order valence-electron chi connectivity index (χ2n) is 6.15. The number of hydrogen-bond donors (Lipinski definition) is 3. The van der Waals surface area contributed by atoms with E-state index >= 15 is 0 Å². The number of carbonyl (C=O) groups is 1. The number of anilines is 1. The molecule has 3 rings (SSSR count). The third-order valence-electron chi connectivity index (χ3n) is 4.16. The zero-order valence-corrected chi connectivity index (χ0v) is 14.6. The fourth-order valence-electron chi connectivity index (χ4n) is 2.75. The van der Waals surface area contributed by atoms with E-state index in [0.29, 0.717) is 17.0 Å². The molecule has 0 saturated carbocycles. The van der Waals surface area contributed by atoms with E-state index in [1.165, 1.54) is 5.56 Å². The summed E-state index contributed by atoms with van der Waals surface area (Å²) in [6, 6.07) is 13.1. The number of benzene rings is 2. The third-order valence-corrected chi connectivity index (χ3v) is 4.16. The van der Waals surface area contributed by atoms with Crippen molar-refractivity contribution in [1.29, 1.82) is 0 Å². The van der Waals surface area contributed by atoms with Gasteiger partial charge in [0, 0.05) is 11.3 Å². The zero-order valence-electron chi connectivity index (χ0n) is 14.6. The number of aryl methyl sites for hydroxylation is 3. The molecule has 0 spiro atoms. The third kappa shape index (κ3) is 3.55. The molecule has 0 fully saturated rings. The molecule has 3 N–H and O–H groups in total. The minimum atomic E-state index is -0.271. The molecule has 0 bridgehead atoms. The molecular weight excluding hydrogens is 314 g/mol. The van der Waals surface area contributed by atoms with Crippen LogP contribution in [0, 0.1) is 13.8 Å². The lowest BCUT2D eigenvalue weighted by atomic mass is 10.0. The van der Waals surface area contributed by atoms with Gasteiger partial charge >= 0.3 is 0 Å². The average molecular weight is 335 g/mol. The molecule has 25 heavy (non-hydrogen) atoms. The van der Waals surface area contributed by atoms with Crippen LogP contribution in [0.2, 0.25) is 0 Å². The predicted octanol–water partition coefficient (Wildman–Crippen LogP) is 4.21. The molecule has 0 radical (unpaired) electrons. The first-order chi connectivity index (χ1) is 12.0. The van der Waals surface area contributed by atoms with E-state index in [0.717, 1.165) is 23.2 Å². The number of carbonyl (C=O) groups excluding carboxylic acids is 1. The minimum Gasteiger partial charge on any atom is -0.507 e. The van der Waals surface area contributed by atoms with Crippen molar-refractivity contribution < 1.29 is 9.90 Å². The normalized spacial score (nSPS) is 10.7. The van der Waals surface area contributed by atoms with Crippen LogP contribution in [0.5, 0.6) is 5.75 Å². The van der Waals surface area contributed by atoms with Gasteiger partial charge in [-0.1, -0.05) is 25.1 Å². The van der Waals surface area contributed by atoms with Crippen molar-refractivity contribution in [3.63, 3.8) is 0 Å². The van der Waals surface area contributed by atoms with Gasteiger partial charge in [0.05, 0.1) is 5.69 Å². The van der Waals surface area contributed by atoms with Gasteiger partial charge < -0.3 is 10.4 Å². The Balaban J connectivity index is 1.82. The highest BCUT2D eigenvalue weighted by atomic mass is 16.3. The maximum atomic E-state index is 12.4. The van der Waals surface area contributed by atoms with E-state index in [-0.39, 0.29) is 11.7 Å². The highest BCUT2D eigenvalue weighted by Crippen LogP contribution is 2.32. The van der Waals surface area contributed by atoms with E-state index in [2.05, 4.69) is 22.4 Å². The molecule has 0 aliphatic carbocycles. The summed E-state index contributed by atoms with van der Waals surface area (Å²) < 4.78 is 0. The first kappa shape index (κ1) is 16.8. The van der Waals surface area contributed by atoms with Crippen LogP contribution >= 0.6 is 0 Å². The topological polar surface area (TPSA) is 78.0 Å². The van der Waals surface area contributed by atoms with Crippen molar-refractivity contribution in [3.05, 3.63) is 64.8 Å². The summed E-state index contributed by atoms with van der Waals surface area (Å²) in [4.78, 5) is 12.4. The summed E-state index contributed by atoms with van der Waals surface area (Å²) in [5.41, 5.74) is 5.24. The number of nitrogens with one attached hydrogen (secondary N) is 2. The number of phenolic OH excluding ortho intramolecular Hbond substituents is 1. The molecule has 0 aliphatic rings. The van der Waals surface area contributed by atoms with Crippen LogP contribution < -0.4 is 5.32 Å². The molecular formula is C20H21N3O2. The first-order valence-electron chi connectivity index (χ1n) is 8.24. The lowest BCUT2D eigenvalue weighted by molar-refractivity contribution is 0.102. The molecule has 0 atom stereocenters. The number of rotatable bonds is 4. The van der Waals surface area contributed by atoms with Gasteiger partial charge in [-0.2, -0.15) is 5.10 Å². The Morgan fingerprint density at radius 1 is 1.16 bits per heavy atom. The maximum Gasteiger partial charge on any atom is 0.273 e.